The Hall–Kier alpha value is -3.67. The Labute approximate surface area is 187 Å². The van der Waals surface area contributed by atoms with Gasteiger partial charge in [0.05, 0.1) is 6.04 Å². The summed E-state index contributed by atoms with van der Waals surface area (Å²) in [4.78, 5) is 26.3. The lowest BCUT2D eigenvalue weighted by Crippen LogP contribution is -2.43. The fourth-order valence-electron chi connectivity index (χ4n) is 4.16. The molecule has 5 nitrogen and oxygen atoms in total. The van der Waals surface area contributed by atoms with E-state index >= 15 is 0 Å². The van der Waals surface area contributed by atoms with Gasteiger partial charge in [-0.2, -0.15) is 0 Å². The fraction of sp³-hybridized carbons (Fsp3) is 0.231. The maximum absolute atomic E-state index is 13.5. The molecule has 32 heavy (non-hydrogen) atoms. The Morgan fingerprint density at radius 1 is 0.969 bits per heavy atom. The second kappa shape index (κ2) is 10.1. The van der Waals surface area contributed by atoms with Gasteiger partial charge in [0.1, 0.15) is 5.82 Å². The Morgan fingerprint density at radius 3 is 2.25 bits per heavy atom. The summed E-state index contributed by atoms with van der Waals surface area (Å²) in [5, 5.41) is 5.79. The van der Waals surface area contributed by atoms with Gasteiger partial charge < -0.3 is 15.5 Å². The zero-order valence-electron chi connectivity index (χ0n) is 17.7. The van der Waals surface area contributed by atoms with E-state index in [2.05, 4.69) is 34.9 Å². The van der Waals surface area contributed by atoms with Gasteiger partial charge in [0.15, 0.2) is 0 Å². The van der Waals surface area contributed by atoms with Crippen molar-refractivity contribution in [2.24, 2.45) is 0 Å². The van der Waals surface area contributed by atoms with Gasteiger partial charge in [-0.1, -0.05) is 66.7 Å². The van der Waals surface area contributed by atoms with Crippen LogP contribution in [0.3, 0.4) is 0 Å². The van der Waals surface area contributed by atoms with Crippen LogP contribution in [0.5, 0.6) is 0 Å². The molecule has 1 saturated heterocycles. The molecule has 1 atom stereocenters. The molecule has 4 rings (SSSR count). The van der Waals surface area contributed by atoms with E-state index in [9.17, 15) is 14.0 Å². The molecule has 0 bridgehead atoms. The van der Waals surface area contributed by atoms with Crippen LogP contribution in [-0.2, 0) is 4.79 Å². The molecule has 6 heteroatoms. The number of carbonyl (C=O) groups is 2. The van der Waals surface area contributed by atoms with Gasteiger partial charge in [-0.15, -0.1) is 0 Å². The molecule has 1 unspecified atom stereocenters. The predicted octanol–water partition coefficient (Wildman–Crippen LogP) is 4.45. The van der Waals surface area contributed by atoms with Crippen molar-refractivity contribution < 1.29 is 14.0 Å². The Bertz CT molecular complexity index is 1020. The molecule has 0 saturated carbocycles. The smallest absolute Gasteiger partial charge is 0.315 e. The molecule has 0 aromatic heterocycles. The second-order valence-corrected chi connectivity index (χ2v) is 7.95. The molecule has 1 heterocycles. The van der Waals surface area contributed by atoms with E-state index in [4.69, 9.17) is 0 Å². The standard InChI is InChI=1S/C26H26FN3O2/c27-21-12-7-13-23(16-21)30-18-22(17-25(30)31)29-26(32)28-15-14-24(19-8-3-1-4-9-19)20-10-5-2-6-11-20/h1-13,16,22,24H,14-15,17-18H2,(H2,28,29,32). The number of rotatable bonds is 7. The highest BCUT2D eigenvalue weighted by Crippen LogP contribution is 2.27. The van der Waals surface area contributed by atoms with Crippen molar-refractivity contribution in [3.63, 3.8) is 0 Å². The maximum Gasteiger partial charge on any atom is 0.315 e. The van der Waals surface area contributed by atoms with Crippen LogP contribution in [-0.4, -0.2) is 31.1 Å². The molecule has 164 valence electrons. The molecule has 1 aliphatic rings. The predicted molar refractivity (Wildman–Crippen MR) is 123 cm³/mol. The number of urea groups is 1. The van der Waals surface area contributed by atoms with Crippen LogP contribution in [0.2, 0.25) is 0 Å². The van der Waals surface area contributed by atoms with Gasteiger partial charge in [0.25, 0.3) is 0 Å². The van der Waals surface area contributed by atoms with Crippen LogP contribution < -0.4 is 15.5 Å². The minimum atomic E-state index is -0.393. The van der Waals surface area contributed by atoms with Gasteiger partial charge in [-0.3, -0.25) is 4.79 Å². The number of anilines is 1. The second-order valence-electron chi connectivity index (χ2n) is 7.95. The fourth-order valence-corrected chi connectivity index (χ4v) is 4.16. The van der Waals surface area contributed by atoms with Crippen molar-refractivity contribution in [1.29, 1.82) is 0 Å². The van der Waals surface area contributed by atoms with Crippen molar-refractivity contribution in [2.75, 3.05) is 18.0 Å². The molecule has 3 amide bonds. The number of carbonyl (C=O) groups excluding carboxylic acids is 2. The van der Waals surface area contributed by atoms with Crippen LogP contribution in [0.4, 0.5) is 14.9 Å². The van der Waals surface area contributed by atoms with E-state index < -0.39 is 5.82 Å². The van der Waals surface area contributed by atoms with Crippen LogP contribution in [0.25, 0.3) is 0 Å². The van der Waals surface area contributed by atoms with Gasteiger partial charge in [0.2, 0.25) is 5.91 Å². The van der Waals surface area contributed by atoms with Gasteiger partial charge in [-0.05, 0) is 35.7 Å². The van der Waals surface area contributed by atoms with E-state index in [-0.39, 0.29) is 30.3 Å². The molecule has 3 aromatic carbocycles. The van der Waals surface area contributed by atoms with Crippen LogP contribution in [0.15, 0.2) is 84.9 Å². The minimum absolute atomic E-state index is 0.130. The van der Waals surface area contributed by atoms with Crippen molar-refractivity contribution >= 4 is 17.6 Å². The summed E-state index contributed by atoms with van der Waals surface area (Å²) >= 11 is 0. The van der Waals surface area contributed by atoms with E-state index in [0.717, 1.165) is 6.42 Å². The van der Waals surface area contributed by atoms with Crippen LogP contribution >= 0.6 is 0 Å². The number of hydrogen-bond acceptors (Lipinski definition) is 2. The molecular formula is C26H26FN3O2. The van der Waals surface area contributed by atoms with Crippen LogP contribution in [0.1, 0.15) is 29.9 Å². The monoisotopic (exact) mass is 431 g/mol. The van der Waals surface area contributed by atoms with E-state index in [1.54, 1.807) is 12.1 Å². The van der Waals surface area contributed by atoms with Crippen molar-refractivity contribution in [2.45, 2.75) is 24.8 Å². The summed E-state index contributed by atoms with van der Waals surface area (Å²) in [7, 11) is 0. The Kier molecular flexibility index (Phi) is 6.80. The van der Waals surface area contributed by atoms with E-state index in [1.165, 1.54) is 28.2 Å². The van der Waals surface area contributed by atoms with Crippen molar-refractivity contribution in [3.8, 4) is 0 Å². The lowest BCUT2D eigenvalue weighted by molar-refractivity contribution is -0.117. The lowest BCUT2D eigenvalue weighted by Gasteiger charge is -2.19. The first-order valence-electron chi connectivity index (χ1n) is 10.8. The molecular weight excluding hydrogens is 405 g/mol. The number of amides is 3. The first-order valence-corrected chi connectivity index (χ1v) is 10.8. The normalized spacial score (nSPS) is 15.8. The molecule has 2 N–H and O–H groups in total. The Morgan fingerprint density at radius 2 is 1.62 bits per heavy atom. The highest BCUT2D eigenvalue weighted by atomic mass is 19.1. The number of hydrogen-bond donors (Lipinski definition) is 2. The van der Waals surface area contributed by atoms with Gasteiger partial charge >= 0.3 is 6.03 Å². The SMILES string of the molecule is O=C(NCCC(c1ccccc1)c1ccccc1)NC1CC(=O)N(c2cccc(F)c2)C1. The summed E-state index contributed by atoms with van der Waals surface area (Å²) < 4.78 is 13.5. The molecule has 1 fully saturated rings. The van der Waals surface area contributed by atoms with Crippen LogP contribution in [0, 0.1) is 5.82 Å². The zero-order chi connectivity index (χ0) is 22.3. The summed E-state index contributed by atoms with van der Waals surface area (Å²) in [5.41, 5.74) is 2.91. The number of benzene rings is 3. The summed E-state index contributed by atoms with van der Waals surface area (Å²) in [6.07, 6.45) is 0.945. The van der Waals surface area contributed by atoms with Crippen molar-refractivity contribution in [1.82, 2.24) is 10.6 Å². The third-order valence-corrected chi connectivity index (χ3v) is 5.70. The number of nitrogens with zero attached hydrogens (tertiary/aromatic N) is 1. The third-order valence-electron chi connectivity index (χ3n) is 5.70. The van der Waals surface area contributed by atoms with Gasteiger partial charge in [-0.25, -0.2) is 9.18 Å². The zero-order valence-corrected chi connectivity index (χ0v) is 17.7. The summed E-state index contributed by atoms with van der Waals surface area (Å²) in [6, 6.07) is 25.8. The highest BCUT2D eigenvalue weighted by molar-refractivity contribution is 5.96. The molecule has 1 aliphatic heterocycles. The quantitative estimate of drug-likeness (QED) is 0.581. The number of nitrogens with one attached hydrogen (secondary N) is 2. The average molecular weight is 432 g/mol. The van der Waals surface area contributed by atoms with Crippen molar-refractivity contribution in [3.05, 3.63) is 102 Å². The number of halogens is 1. The van der Waals surface area contributed by atoms with Gasteiger partial charge in [0, 0.05) is 31.1 Å². The molecule has 0 aliphatic carbocycles. The summed E-state index contributed by atoms with van der Waals surface area (Å²) in [5.74, 6) is -0.348. The molecule has 3 aromatic rings. The van der Waals surface area contributed by atoms with E-state index in [1.807, 2.05) is 36.4 Å². The first-order chi connectivity index (χ1) is 15.6. The minimum Gasteiger partial charge on any atom is -0.338 e. The lowest BCUT2D eigenvalue weighted by atomic mass is 9.88. The first kappa shape index (κ1) is 21.6. The summed E-state index contributed by atoms with van der Waals surface area (Å²) in [6.45, 7) is 0.820. The Balaban J connectivity index is 1.31. The maximum atomic E-state index is 13.5. The highest BCUT2D eigenvalue weighted by Gasteiger charge is 2.31. The largest absolute Gasteiger partial charge is 0.338 e. The third kappa shape index (κ3) is 5.32. The molecule has 0 radical (unpaired) electrons. The molecule has 0 spiro atoms. The van der Waals surface area contributed by atoms with E-state index in [0.29, 0.717) is 18.8 Å². The average Bonchev–Trinajstić information content (AvgIpc) is 3.17. The topological polar surface area (TPSA) is 61.4 Å².